The van der Waals surface area contributed by atoms with Crippen LogP contribution in [0, 0.1) is 0 Å². The summed E-state index contributed by atoms with van der Waals surface area (Å²) >= 11 is 0. The van der Waals surface area contributed by atoms with E-state index < -0.39 is 12.2 Å². The smallest absolute Gasteiger partial charge is 0.284 e. The van der Waals surface area contributed by atoms with Gasteiger partial charge in [0.25, 0.3) is 5.82 Å². The summed E-state index contributed by atoms with van der Waals surface area (Å²) in [5.74, 6) is 0.643. The largest absolute Gasteiger partial charge is 0.392 e. The van der Waals surface area contributed by atoms with Crippen LogP contribution in [0.1, 0.15) is 24.4 Å². The van der Waals surface area contributed by atoms with Crippen LogP contribution >= 0.6 is 0 Å². The summed E-state index contributed by atoms with van der Waals surface area (Å²) in [4.78, 5) is 2.88. The molecule has 2 heterocycles. The number of aliphatic hydroxyl groups excluding tert-OH is 3. The van der Waals surface area contributed by atoms with Crippen LogP contribution < -0.4 is 4.57 Å². The predicted molar refractivity (Wildman–Crippen MR) is 42.7 cm³/mol. The Bertz CT molecular complexity index is 299. The lowest BCUT2D eigenvalue weighted by molar-refractivity contribution is -0.747. The molecule has 0 saturated heterocycles. The third-order valence-corrected chi connectivity index (χ3v) is 2.51. The average Bonchev–Trinajstić information content (AvgIpc) is 2.53. The van der Waals surface area contributed by atoms with Crippen molar-refractivity contribution >= 4 is 0 Å². The van der Waals surface area contributed by atoms with Crippen LogP contribution in [-0.4, -0.2) is 33.0 Å². The Morgan fingerprint density at radius 1 is 1.54 bits per heavy atom. The Morgan fingerprint density at radius 2 is 2.31 bits per heavy atom. The molecule has 0 aromatic carbocycles. The molecule has 1 aliphatic heterocycles. The molecular formula is C8H13N2O3+. The number of aliphatic hydroxyl groups is 3. The topological polar surface area (TPSA) is 80.4 Å². The van der Waals surface area contributed by atoms with Gasteiger partial charge in [0.2, 0.25) is 0 Å². The highest BCUT2D eigenvalue weighted by molar-refractivity contribution is 4.90. The average molecular weight is 185 g/mol. The van der Waals surface area contributed by atoms with Crippen molar-refractivity contribution < 1.29 is 19.9 Å². The van der Waals surface area contributed by atoms with Gasteiger partial charge >= 0.3 is 0 Å². The predicted octanol–water partition coefficient (Wildman–Crippen LogP) is -1.37. The first-order valence-corrected chi connectivity index (χ1v) is 4.29. The number of aromatic nitrogens is 2. The van der Waals surface area contributed by atoms with Gasteiger partial charge in [-0.25, -0.2) is 9.55 Å². The summed E-state index contributed by atoms with van der Waals surface area (Å²) < 4.78 is 1.68. The van der Waals surface area contributed by atoms with E-state index in [1.165, 1.54) is 0 Å². The molecular weight excluding hydrogens is 172 g/mol. The highest BCUT2D eigenvalue weighted by Crippen LogP contribution is 2.24. The summed E-state index contributed by atoms with van der Waals surface area (Å²) in [6.45, 7) is -0.122. The Labute approximate surface area is 75.3 Å². The molecule has 1 unspecified atom stereocenters. The molecule has 3 atom stereocenters. The zero-order valence-electron chi connectivity index (χ0n) is 7.09. The van der Waals surface area contributed by atoms with Crippen molar-refractivity contribution in [2.24, 2.45) is 0 Å². The van der Waals surface area contributed by atoms with Gasteiger partial charge in [0.1, 0.15) is 18.4 Å². The SMILES string of the molecule is OC[C@@H]1[C@@H](O)CC(O)c2[nH]cc[n+]21. The summed E-state index contributed by atoms with van der Waals surface area (Å²) in [5, 5.41) is 28.1. The fourth-order valence-corrected chi connectivity index (χ4v) is 1.81. The highest BCUT2D eigenvalue weighted by Gasteiger charge is 2.38. The van der Waals surface area contributed by atoms with E-state index in [1.54, 1.807) is 17.0 Å². The van der Waals surface area contributed by atoms with Crippen molar-refractivity contribution in [2.45, 2.75) is 24.7 Å². The summed E-state index contributed by atoms with van der Waals surface area (Å²) in [6, 6.07) is -0.343. The second kappa shape index (κ2) is 3.10. The lowest BCUT2D eigenvalue weighted by Gasteiger charge is -2.25. The maximum absolute atomic E-state index is 9.55. The number of nitrogens with zero attached hydrogens (tertiary/aromatic N) is 1. The van der Waals surface area contributed by atoms with Gasteiger partial charge < -0.3 is 15.3 Å². The Morgan fingerprint density at radius 3 is 3.00 bits per heavy atom. The molecule has 5 heteroatoms. The van der Waals surface area contributed by atoms with E-state index in [0.29, 0.717) is 5.82 Å². The first-order valence-electron chi connectivity index (χ1n) is 4.29. The fourth-order valence-electron chi connectivity index (χ4n) is 1.81. The normalized spacial score (nSPS) is 33.0. The van der Waals surface area contributed by atoms with Gasteiger partial charge in [0.15, 0.2) is 6.10 Å². The van der Waals surface area contributed by atoms with E-state index in [1.807, 2.05) is 0 Å². The zero-order chi connectivity index (χ0) is 9.42. The van der Waals surface area contributed by atoms with Crippen LogP contribution in [-0.2, 0) is 0 Å². The molecule has 0 fully saturated rings. The molecule has 0 amide bonds. The van der Waals surface area contributed by atoms with Gasteiger partial charge in [-0.2, -0.15) is 0 Å². The summed E-state index contributed by atoms with van der Waals surface area (Å²) in [5.41, 5.74) is 0. The van der Waals surface area contributed by atoms with Crippen LogP contribution in [0.2, 0.25) is 0 Å². The van der Waals surface area contributed by atoms with E-state index in [-0.39, 0.29) is 19.1 Å². The Kier molecular flexibility index (Phi) is 2.07. The molecule has 0 spiro atoms. The molecule has 0 aliphatic carbocycles. The molecule has 2 rings (SSSR count). The molecule has 1 aromatic rings. The molecule has 72 valence electrons. The van der Waals surface area contributed by atoms with E-state index in [4.69, 9.17) is 5.11 Å². The first-order chi connectivity index (χ1) is 6.24. The van der Waals surface area contributed by atoms with E-state index in [2.05, 4.69) is 4.98 Å². The van der Waals surface area contributed by atoms with Gasteiger partial charge in [0, 0.05) is 6.42 Å². The molecule has 0 bridgehead atoms. The summed E-state index contributed by atoms with van der Waals surface area (Å²) in [7, 11) is 0. The summed E-state index contributed by atoms with van der Waals surface area (Å²) in [6.07, 6.45) is 2.30. The minimum Gasteiger partial charge on any atom is -0.392 e. The fraction of sp³-hybridized carbons (Fsp3) is 0.625. The quantitative estimate of drug-likeness (QED) is 0.408. The second-order valence-corrected chi connectivity index (χ2v) is 3.32. The maximum atomic E-state index is 9.55. The van der Waals surface area contributed by atoms with Crippen molar-refractivity contribution in [3.8, 4) is 0 Å². The Hall–Kier alpha value is -0.910. The van der Waals surface area contributed by atoms with Crippen LogP contribution in [0.25, 0.3) is 0 Å². The van der Waals surface area contributed by atoms with Crippen molar-refractivity contribution in [3.05, 3.63) is 18.2 Å². The van der Waals surface area contributed by atoms with Gasteiger partial charge in [-0.1, -0.05) is 0 Å². The Balaban J connectivity index is 2.39. The number of imidazole rings is 1. The molecule has 4 N–H and O–H groups in total. The van der Waals surface area contributed by atoms with Crippen LogP contribution in [0.3, 0.4) is 0 Å². The van der Waals surface area contributed by atoms with Crippen molar-refractivity contribution in [1.82, 2.24) is 4.98 Å². The third kappa shape index (κ3) is 1.25. The lowest BCUT2D eigenvalue weighted by atomic mass is 10.00. The van der Waals surface area contributed by atoms with Crippen LogP contribution in [0.5, 0.6) is 0 Å². The second-order valence-electron chi connectivity index (χ2n) is 3.32. The number of hydrogen-bond acceptors (Lipinski definition) is 3. The van der Waals surface area contributed by atoms with Crippen LogP contribution in [0.15, 0.2) is 12.4 Å². The molecule has 5 nitrogen and oxygen atoms in total. The first kappa shape index (κ1) is 8.68. The van der Waals surface area contributed by atoms with Gasteiger partial charge in [-0.3, -0.25) is 0 Å². The number of hydrogen-bond donors (Lipinski definition) is 4. The zero-order valence-corrected chi connectivity index (χ0v) is 7.09. The van der Waals surface area contributed by atoms with Gasteiger partial charge in [-0.05, 0) is 0 Å². The molecule has 0 saturated carbocycles. The number of H-pyrrole nitrogens is 1. The van der Waals surface area contributed by atoms with E-state index in [0.717, 1.165) is 0 Å². The monoisotopic (exact) mass is 185 g/mol. The highest BCUT2D eigenvalue weighted by atomic mass is 16.3. The molecule has 0 radical (unpaired) electrons. The van der Waals surface area contributed by atoms with Crippen molar-refractivity contribution in [3.63, 3.8) is 0 Å². The lowest BCUT2D eigenvalue weighted by Crippen LogP contribution is -2.54. The van der Waals surface area contributed by atoms with Crippen molar-refractivity contribution in [1.29, 1.82) is 0 Å². The number of fused-ring (bicyclic) bond motifs is 1. The minimum absolute atomic E-state index is 0.122. The third-order valence-electron chi connectivity index (χ3n) is 2.51. The maximum Gasteiger partial charge on any atom is 0.284 e. The number of aromatic amines is 1. The van der Waals surface area contributed by atoms with Gasteiger partial charge in [0.05, 0.1) is 12.7 Å². The molecule has 1 aromatic heterocycles. The van der Waals surface area contributed by atoms with Crippen molar-refractivity contribution in [2.75, 3.05) is 6.61 Å². The van der Waals surface area contributed by atoms with Gasteiger partial charge in [-0.15, -0.1) is 0 Å². The minimum atomic E-state index is -0.687. The van der Waals surface area contributed by atoms with Crippen LogP contribution in [0.4, 0.5) is 0 Å². The number of rotatable bonds is 1. The molecule has 13 heavy (non-hydrogen) atoms. The number of nitrogens with one attached hydrogen (secondary N) is 1. The van der Waals surface area contributed by atoms with E-state index in [9.17, 15) is 10.2 Å². The molecule has 1 aliphatic rings. The standard InChI is InChI=1S/C8H12N2O3/c11-4-5-6(12)3-7(13)8-9-1-2-10(5)8/h1-2,5-7,11-13H,3-4H2/p+1/t5-,6+,7?/m1/s1. The van der Waals surface area contributed by atoms with E-state index >= 15 is 0 Å².